The molecule has 1 aromatic rings. The molecular weight excluding hydrogens is 402 g/mol. The zero-order chi connectivity index (χ0) is 23.0. The Morgan fingerprint density at radius 3 is 2.52 bits per heavy atom. The number of carbonyl (C=O) groups is 3. The number of benzene rings is 1. The van der Waals surface area contributed by atoms with Gasteiger partial charge in [-0.2, -0.15) is 0 Å². The second kappa shape index (κ2) is 11.1. The van der Waals surface area contributed by atoms with E-state index >= 15 is 0 Å². The fraction of sp³-hybridized carbons (Fsp3) is 0.591. The number of hydrogen-bond acceptors (Lipinski definition) is 7. The number of amides is 2. The molecule has 0 radical (unpaired) electrons. The van der Waals surface area contributed by atoms with Crippen molar-refractivity contribution in [1.82, 2.24) is 4.90 Å². The van der Waals surface area contributed by atoms with E-state index in [1.165, 1.54) is 0 Å². The number of para-hydroxylation sites is 1. The minimum Gasteiger partial charge on any atom is -0.444 e. The van der Waals surface area contributed by atoms with Crippen LogP contribution in [0.15, 0.2) is 18.2 Å². The Hall–Kier alpha value is -2.65. The van der Waals surface area contributed by atoms with Crippen molar-refractivity contribution in [2.75, 3.05) is 49.6 Å². The summed E-state index contributed by atoms with van der Waals surface area (Å²) in [4.78, 5) is 40.8. The van der Waals surface area contributed by atoms with Crippen LogP contribution in [-0.2, 0) is 19.1 Å². The van der Waals surface area contributed by atoms with E-state index in [0.717, 1.165) is 0 Å². The molecule has 2 amide bonds. The van der Waals surface area contributed by atoms with Gasteiger partial charge in [0.15, 0.2) is 5.75 Å². The van der Waals surface area contributed by atoms with Gasteiger partial charge in [-0.3, -0.25) is 19.8 Å². The summed E-state index contributed by atoms with van der Waals surface area (Å²) in [6.45, 7) is 12.1. The smallest absolute Gasteiger partial charge is 0.412 e. The largest absolute Gasteiger partial charge is 0.444 e. The van der Waals surface area contributed by atoms with E-state index in [1.807, 2.05) is 11.8 Å². The molecule has 0 bridgehead atoms. The quantitative estimate of drug-likeness (QED) is 0.381. The van der Waals surface area contributed by atoms with Crippen molar-refractivity contribution in [3.05, 3.63) is 18.2 Å². The standard InChI is InChI=1S/C22H33N3O6/c1-6-19(27)30-20-16(23-21(28)31-22(3,4)5)9-8-10-17(20)25-12-11-24(15-18(25)26)13-14-29-7-2/h8-10H,6-7,11-15H2,1-5H3,(H,23,28). The van der Waals surface area contributed by atoms with Crippen LogP contribution < -0.4 is 15.0 Å². The van der Waals surface area contributed by atoms with Crippen LogP contribution in [0.2, 0.25) is 0 Å². The molecule has 1 N–H and O–H groups in total. The van der Waals surface area contributed by atoms with E-state index < -0.39 is 17.7 Å². The molecule has 172 valence electrons. The Morgan fingerprint density at radius 1 is 1.16 bits per heavy atom. The van der Waals surface area contributed by atoms with Crippen molar-refractivity contribution < 1.29 is 28.6 Å². The van der Waals surface area contributed by atoms with E-state index in [1.54, 1.807) is 50.8 Å². The Balaban J connectivity index is 2.25. The third kappa shape index (κ3) is 7.52. The summed E-state index contributed by atoms with van der Waals surface area (Å²) in [5, 5.41) is 2.63. The first-order chi connectivity index (χ1) is 14.6. The first-order valence-corrected chi connectivity index (χ1v) is 10.6. The van der Waals surface area contributed by atoms with Crippen LogP contribution in [-0.4, -0.2) is 67.9 Å². The van der Waals surface area contributed by atoms with Gasteiger partial charge in [0.1, 0.15) is 5.60 Å². The SMILES string of the molecule is CCOCCN1CCN(c2cccc(NC(=O)OC(C)(C)C)c2OC(=O)CC)C(=O)C1. The minimum absolute atomic E-state index is 0.119. The van der Waals surface area contributed by atoms with E-state index in [4.69, 9.17) is 14.2 Å². The molecule has 1 saturated heterocycles. The number of hydrogen-bond donors (Lipinski definition) is 1. The summed E-state index contributed by atoms with van der Waals surface area (Å²) in [6.07, 6.45) is -0.523. The Kier molecular flexibility index (Phi) is 8.82. The van der Waals surface area contributed by atoms with Gasteiger partial charge in [0.2, 0.25) is 5.91 Å². The van der Waals surface area contributed by atoms with E-state index in [2.05, 4.69) is 5.32 Å². The maximum absolute atomic E-state index is 12.9. The molecule has 9 nitrogen and oxygen atoms in total. The predicted molar refractivity (Wildman–Crippen MR) is 118 cm³/mol. The van der Waals surface area contributed by atoms with Crippen LogP contribution in [0.1, 0.15) is 41.0 Å². The second-order valence-electron chi connectivity index (χ2n) is 8.13. The van der Waals surface area contributed by atoms with Gasteiger partial charge in [-0.15, -0.1) is 0 Å². The zero-order valence-electron chi connectivity index (χ0n) is 19.0. The summed E-state index contributed by atoms with van der Waals surface area (Å²) in [5.41, 5.74) is 0.0142. The maximum atomic E-state index is 12.9. The van der Waals surface area contributed by atoms with Crippen LogP contribution in [0.5, 0.6) is 5.75 Å². The second-order valence-corrected chi connectivity index (χ2v) is 8.13. The maximum Gasteiger partial charge on any atom is 0.412 e. The summed E-state index contributed by atoms with van der Waals surface area (Å²) < 4.78 is 16.2. The van der Waals surface area contributed by atoms with Crippen molar-refractivity contribution in [2.45, 2.75) is 46.6 Å². The number of carbonyl (C=O) groups excluding carboxylic acids is 3. The summed E-state index contributed by atoms with van der Waals surface area (Å²) in [5.74, 6) is -0.454. The fourth-order valence-electron chi connectivity index (χ4n) is 3.05. The van der Waals surface area contributed by atoms with Gasteiger partial charge in [-0.05, 0) is 39.8 Å². The van der Waals surface area contributed by atoms with Crippen LogP contribution in [0.4, 0.5) is 16.2 Å². The van der Waals surface area contributed by atoms with Gasteiger partial charge in [0, 0.05) is 32.7 Å². The van der Waals surface area contributed by atoms with Gasteiger partial charge in [-0.25, -0.2) is 4.79 Å². The monoisotopic (exact) mass is 435 g/mol. The molecule has 9 heteroatoms. The molecule has 1 heterocycles. The van der Waals surface area contributed by atoms with Crippen molar-refractivity contribution in [3.8, 4) is 5.75 Å². The number of nitrogens with zero attached hydrogens (tertiary/aromatic N) is 2. The van der Waals surface area contributed by atoms with E-state index in [0.29, 0.717) is 38.5 Å². The highest BCUT2D eigenvalue weighted by Gasteiger charge is 2.29. The molecule has 1 aliphatic rings. The molecule has 0 atom stereocenters. The first kappa shape index (κ1) is 24.6. The number of piperazine rings is 1. The van der Waals surface area contributed by atoms with Crippen molar-refractivity contribution in [1.29, 1.82) is 0 Å². The number of anilines is 2. The Labute approximate surface area is 183 Å². The lowest BCUT2D eigenvalue weighted by molar-refractivity contribution is -0.134. The van der Waals surface area contributed by atoms with Crippen LogP contribution in [0.3, 0.4) is 0 Å². The van der Waals surface area contributed by atoms with Gasteiger partial charge < -0.3 is 19.1 Å². The number of esters is 1. The molecule has 31 heavy (non-hydrogen) atoms. The molecular formula is C22H33N3O6. The first-order valence-electron chi connectivity index (χ1n) is 10.6. The Bertz CT molecular complexity index is 790. The van der Waals surface area contributed by atoms with Gasteiger partial charge in [0.25, 0.3) is 0 Å². The summed E-state index contributed by atoms with van der Waals surface area (Å²) >= 11 is 0. The fourth-order valence-corrected chi connectivity index (χ4v) is 3.05. The van der Waals surface area contributed by atoms with Crippen LogP contribution in [0.25, 0.3) is 0 Å². The molecule has 0 spiro atoms. The molecule has 1 aliphatic heterocycles. The molecule has 0 aromatic heterocycles. The van der Waals surface area contributed by atoms with Crippen molar-refractivity contribution in [2.24, 2.45) is 0 Å². The van der Waals surface area contributed by atoms with Crippen molar-refractivity contribution >= 4 is 29.3 Å². The van der Waals surface area contributed by atoms with E-state index in [9.17, 15) is 14.4 Å². The normalized spacial score (nSPS) is 15.0. The number of ether oxygens (including phenoxy) is 3. The number of rotatable bonds is 8. The van der Waals surface area contributed by atoms with Crippen molar-refractivity contribution in [3.63, 3.8) is 0 Å². The predicted octanol–water partition coefficient (Wildman–Crippen LogP) is 3.03. The van der Waals surface area contributed by atoms with Crippen LogP contribution in [0, 0.1) is 0 Å². The lowest BCUT2D eigenvalue weighted by Gasteiger charge is -2.35. The number of nitrogens with one attached hydrogen (secondary N) is 1. The zero-order valence-corrected chi connectivity index (χ0v) is 19.0. The molecule has 0 unspecified atom stereocenters. The van der Waals surface area contributed by atoms with E-state index in [-0.39, 0.29) is 30.3 Å². The molecule has 1 fully saturated rings. The van der Waals surface area contributed by atoms with Gasteiger partial charge >= 0.3 is 12.1 Å². The highest BCUT2D eigenvalue weighted by atomic mass is 16.6. The van der Waals surface area contributed by atoms with Gasteiger partial charge in [0.05, 0.1) is 24.5 Å². The lowest BCUT2D eigenvalue weighted by atomic mass is 10.2. The molecule has 1 aromatic carbocycles. The molecule has 2 rings (SSSR count). The summed E-state index contributed by atoms with van der Waals surface area (Å²) in [7, 11) is 0. The highest BCUT2D eigenvalue weighted by Crippen LogP contribution is 2.37. The topological polar surface area (TPSA) is 97.4 Å². The lowest BCUT2D eigenvalue weighted by Crippen LogP contribution is -2.51. The Morgan fingerprint density at radius 2 is 1.90 bits per heavy atom. The van der Waals surface area contributed by atoms with Crippen LogP contribution >= 0.6 is 0 Å². The average Bonchev–Trinajstić information content (AvgIpc) is 2.68. The van der Waals surface area contributed by atoms with Gasteiger partial charge in [-0.1, -0.05) is 13.0 Å². The highest BCUT2D eigenvalue weighted by molar-refractivity contribution is 6.00. The average molecular weight is 436 g/mol. The summed E-state index contributed by atoms with van der Waals surface area (Å²) in [6, 6.07) is 5.00. The molecule has 0 aliphatic carbocycles. The third-order valence-corrected chi connectivity index (χ3v) is 4.48. The minimum atomic E-state index is -0.685. The molecule has 0 saturated carbocycles. The third-order valence-electron chi connectivity index (χ3n) is 4.48.